The summed E-state index contributed by atoms with van der Waals surface area (Å²) in [5.74, 6) is -12.0. The fourth-order valence-corrected chi connectivity index (χ4v) is 9.15. The van der Waals surface area contributed by atoms with Crippen molar-refractivity contribution in [2.75, 3.05) is 39.3 Å². The summed E-state index contributed by atoms with van der Waals surface area (Å²) >= 11 is 0. The summed E-state index contributed by atoms with van der Waals surface area (Å²) in [4.78, 5) is 152. The highest BCUT2D eigenvalue weighted by Crippen LogP contribution is 2.21. The van der Waals surface area contributed by atoms with Crippen LogP contribution in [0.15, 0.2) is 0 Å². The van der Waals surface area contributed by atoms with Crippen LogP contribution in [0.4, 0.5) is 0 Å². The van der Waals surface area contributed by atoms with Crippen LogP contribution in [0.25, 0.3) is 0 Å². The SMILES string of the molecule is CC(C)CCCCC(=O)C[C@@H](CCN)C(=O)N[C@H](C(=O)C[C@H](CCN)C(=O)N[C@H]1CCNC(=O)[C@H]([C@@H](C)O)NC(=O)[C@H](CCN)NC(=O)[C@H](CCN)NC(=O)[C@H]([C@@H](C)O)NC(=O)[C@@H](CC(C)C)CC(=O)[C@H](CCN)NC1=O)[C@@H](C)O. The topological polar surface area (TPSA) is 475 Å². The van der Waals surface area contributed by atoms with Crippen LogP contribution in [0.1, 0.15) is 138 Å². The molecule has 0 bridgehead atoms. The monoisotopic (exact) mass is 1140 g/mol. The van der Waals surface area contributed by atoms with E-state index in [-0.39, 0.29) is 95.8 Å². The summed E-state index contributed by atoms with van der Waals surface area (Å²) in [5.41, 5.74) is 29.2. The summed E-state index contributed by atoms with van der Waals surface area (Å²) in [6.07, 6.45) is -4.09. The fourth-order valence-electron chi connectivity index (χ4n) is 9.15. The van der Waals surface area contributed by atoms with Crippen molar-refractivity contribution in [2.24, 2.45) is 58.3 Å². The minimum Gasteiger partial charge on any atom is -0.391 e. The molecule has 8 amide bonds. The van der Waals surface area contributed by atoms with Gasteiger partial charge in [0.15, 0.2) is 11.6 Å². The smallest absolute Gasteiger partial charge is 0.245 e. The molecule has 0 aromatic carbocycles. The largest absolute Gasteiger partial charge is 0.391 e. The van der Waals surface area contributed by atoms with Gasteiger partial charge in [-0.2, -0.15) is 0 Å². The Morgan fingerprint density at radius 1 is 0.562 bits per heavy atom. The van der Waals surface area contributed by atoms with Crippen LogP contribution < -0.4 is 71.2 Å². The number of unbranched alkanes of at least 4 members (excludes halogenated alkanes) is 1. The van der Waals surface area contributed by atoms with Gasteiger partial charge >= 0.3 is 0 Å². The van der Waals surface area contributed by atoms with Gasteiger partial charge in [0.1, 0.15) is 42.0 Å². The fraction of sp³-hybridized carbons (Fsp3) is 0.792. The number of nitrogens with one attached hydrogen (secondary N) is 8. The summed E-state index contributed by atoms with van der Waals surface area (Å²) < 4.78 is 0. The molecule has 0 spiro atoms. The molecule has 458 valence electrons. The lowest BCUT2D eigenvalue weighted by Gasteiger charge is -2.28. The van der Waals surface area contributed by atoms with Crippen LogP contribution in [-0.2, 0) is 52.7 Å². The Morgan fingerprint density at radius 3 is 1.57 bits per heavy atom. The van der Waals surface area contributed by atoms with Gasteiger partial charge in [-0.05, 0) is 117 Å². The first-order valence-corrected chi connectivity index (χ1v) is 28.2. The highest BCUT2D eigenvalue weighted by atomic mass is 16.3. The van der Waals surface area contributed by atoms with E-state index >= 15 is 0 Å². The standard InChI is InChI=1S/C53H97N13O14/c1-28(2)10-8-9-11-36(70)25-33(12-18-54)47(74)64-43(30(5)67)42(72)26-34(13-19-55)46(73)61-40-17-23-59-52(79)44(31(6)68)66-51(78)39(16-22-58)62-49(76)38(15-21-57)63-53(80)45(32(7)69)65-48(75)35(24-29(3)4)27-41(71)37(14-20-56)60-50(40)77/h28-35,37-40,43-45,67-69H,8-27,54-58H2,1-7H3,(H,59,79)(H,60,77)(H,61,73)(H,62,76)(H,63,80)(H,64,74)(H,65,75)(H,66,78)/t30-,31-,32-,33-,34+,35+,37+,38+,39+,40+,43+,44+,45+/m1/s1. The third kappa shape index (κ3) is 26.4. The van der Waals surface area contributed by atoms with E-state index in [0.717, 1.165) is 12.8 Å². The first-order valence-electron chi connectivity index (χ1n) is 28.2. The number of ketones is 3. The number of aliphatic hydroxyl groups is 3. The predicted octanol–water partition coefficient (Wildman–Crippen LogP) is -4.23. The van der Waals surface area contributed by atoms with Crippen molar-refractivity contribution in [1.29, 1.82) is 0 Å². The van der Waals surface area contributed by atoms with E-state index in [1.54, 1.807) is 13.8 Å². The molecule has 0 saturated carbocycles. The van der Waals surface area contributed by atoms with Gasteiger partial charge in [-0.3, -0.25) is 52.7 Å². The molecular formula is C53H97N13O14. The predicted molar refractivity (Wildman–Crippen MR) is 297 cm³/mol. The lowest BCUT2D eigenvalue weighted by atomic mass is 9.88. The quantitative estimate of drug-likeness (QED) is 0.0316. The first kappa shape index (κ1) is 72.5. The molecule has 0 aliphatic carbocycles. The Kier molecular flexibility index (Phi) is 34.6. The number of aliphatic hydroxyl groups excluding tert-OH is 3. The number of hydrogen-bond donors (Lipinski definition) is 16. The molecule has 21 N–H and O–H groups in total. The summed E-state index contributed by atoms with van der Waals surface area (Å²) in [6, 6.07) is -10.8. The Morgan fingerprint density at radius 2 is 1.06 bits per heavy atom. The normalized spacial score (nSPS) is 23.9. The van der Waals surface area contributed by atoms with E-state index in [9.17, 15) is 68.1 Å². The number of carbonyl (C=O) groups excluding carboxylic acids is 11. The van der Waals surface area contributed by atoms with Crippen LogP contribution in [-0.4, -0.2) is 180 Å². The molecule has 1 rings (SSSR count). The molecule has 0 unspecified atom stereocenters. The molecule has 1 aliphatic rings. The molecular weight excluding hydrogens is 1040 g/mol. The molecule has 0 aromatic heterocycles. The van der Waals surface area contributed by atoms with Gasteiger partial charge in [-0.15, -0.1) is 0 Å². The van der Waals surface area contributed by atoms with Crippen LogP contribution in [0.2, 0.25) is 0 Å². The second-order valence-electron chi connectivity index (χ2n) is 21.8. The average Bonchev–Trinajstić information content (AvgIpc) is 3.37. The van der Waals surface area contributed by atoms with Crippen molar-refractivity contribution in [3.8, 4) is 0 Å². The van der Waals surface area contributed by atoms with Crippen molar-refractivity contribution in [3.63, 3.8) is 0 Å². The van der Waals surface area contributed by atoms with E-state index in [2.05, 4.69) is 56.4 Å². The molecule has 27 heteroatoms. The van der Waals surface area contributed by atoms with Crippen LogP contribution >= 0.6 is 0 Å². The molecule has 1 fully saturated rings. The van der Waals surface area contributed by atoms with Crippen molar-refractivity contribution in [2.45, 2.75) is 199 Å². The lowest BCUT2D eigenvalue weighted by molar-refractivity contribution is -0.138. The van der Waals surface area contributed by atoms with Crippen molar-refractivity contribution >= 4 is 64.6 Å². The Hall–Kier alpha value is -5.55. The molecule has 80 heavy (non-hydrogen) atoms. The van der Waals surface area contributed by atoms with Crippen molar-refractivity contribution in [1.82, 2.24) is 42.5 Å². The minimum absolute atomic E-state index is 0.0530. The number of amides is 8. The zero-order chi connectivity index (χ0) is 60.8. The van der Waals surface area contributed by atoms with Gasteiger partial charge in [-0.25, -0.2) is 0 Å². The van der Waals surface area contributed by atoms with Crippen LogP contribution in [0.5, 0.6) is 0 Å². The summed E-state index contributed by atoms with van der Waals surface area (Å²) in [7, 11) is 0. The molecule has 0 radical (unpaired) electrons. The van der Waals surface area contributed by atoms with E-state index in [1.807, 2.05) is 0 Å². The molecule has 13 atom stereocenters. The summed E-state index contributed by atoms with van der Waals surface area (Å²) in [6.45, 7) is 10.4. The molecule has 27 nitrogen and oxygen atoms in total. The molecule has 0 aromatic rings. The van der Waals surface area contributed by atoms with E-state index in [0.29, 0.717) is 12.3 Å². The number of nitrogens with two attached hydrogens (primary N) is 5. The third-order valence-corrected chi connectivity index (χ3v) is 13.7. The van der Waals surface area contributed by atoms with Gasteiger partial charge in [0, 0.05) is 50.0 Å². The second-order valence-corrected chi connectivity index (χ2v) is 21.8. The first-order chi connectivity index (χ1) is 37.6. The Balaban J connectivity index is 3.81. The van der Waals surface area contributed by atoms with Crippen LogP contribution in [0, 0.1) is 29.6 Å². The second kappa shape index (κ2) is 38.2. The summed E-state index contributed by atoms with van der Waals surface area (Å²) in [5, 5.41) is 52.3. The van der Waals surface area contributed by atoms with E-state index < -0.39 is 163 Å². The maximum atomic E-state index is 14.4. The van der Waals surface area contributed by atoms with E-state index in [4.69, 9.17) is 28.7 Å². The number of hydrogen-bond acceptors (Lipinski definition) is 19. The van der Waals surface area contributed by atoms with Crippen molar-refractivity contribution < 1.29 is 68.1 Å². The zero-order valence-electron chi connectivity index (χ0n) is 48.0. The number of rotatable bonds is 29. The lowest BCUT2D eigenvalue weighted by Crippen LogP contribution is -2.61. The Bertz CT molecular complexity index is 2030. The molecule has 1 heterocycles. The van der Waals surface area contributed by atoms with Crippen molar-refractivity contribution in [3.05, 3.63) is 0 Å². The van der Waals surface area contributed by atoms with E-state index in [1.165, 1.54) is 20.8 Å². The third-order valence-electron chi connectivity index (χ3n) is 13.7. The molecule has 1 aliphatic heterocycles. The average molecular weight is 1140 g/mol. The van der Waals surface area contributed by atoms with Gasteiger partial charge in [0.2, 0.25) is 47.3 Å². The van der Waals surface area contributed by atoms with Gasteiger partial charge in [0.05, 0.1) is 24.4 Å². The maximum absolute atomic E-state index is 14.4. The Labute approximate surface area is 470 Å². The maximum Gasteiger partial charge on any atom is 0.245 e. The molecule has 1 saturated heterocycles. The van der Waals surface area contributed by atoms with Gasteiger partial charge < -0.3 is 86.5 Å². The number of carbonyl (C=O) groups is 11. The van der Waals surface area contributed by atoms with Crippen LogP contribution in [0.3, 0.4) is 0 Å². The van der Waals surface area contributed by atoms with Gasteiger partial charge in [-0.1, -0.05) is 40.5 Å². The zero-order valence-corrected chi connectivity index (χ0v) is 48.0. The van der Waals surface area contributed by atoms with Gasteiger partial charge in [0.25, 0.3) is 0 Å². The minimum atomic E-state index is -1.68. The number of Topliss-reactive ketones (excluding diaryl/α,β-unsaturated/α-hetero) is 3. The highest BCUT2D eigenvalue weighted by molar-refractivity contribution is 5.99. The highest BCUT2D eigenvalue weighted by Gasteiger charge is 2.38.